The Balaban J connectivity index is 1.57. The number of nitrogens with one attached hydrogen (secondary N) is 1. The first-order valence-electron chi connectivity index (χ1n) is 8.96. The van der Waals surface area contributed by atoms with E-state index in [1.807, 2.05) is 54.2 Å². The van der Waals surface area contributed by atoms with Crippen molar-refractivity contribution in [2.75, 3.05) is 6.79 Å². The van der Waals surface area contributed by atoms with Crippen LogP contribution in [-0.2, 0) is 0 Å². The van der Waals surface area contributed by atoms with Gasteiger partial charge in [0.1, 0.15) is 5.65 Å². The molecule has 0 unspecified atom stereocenters. The lowest BCUT2D eigenvalue weighted by atomic mass is 10.1. The molecule has 0 amide bonds. The number of aryl methyl sites for hydroxylation is 1. The molecular weight excluding hydrogens is 354 g/mol. The van der Waals surface area contributed by atoms with Crippen molar-refractivity contribution < 1.29 is 9.47 Å². The molecule has 1 aliphatic rings. The summed E-state index contributed by atoms with van der Waals surface area (Å²) in [6, 6.07) is 12.0. The van der Waals surface area contributed by atoms with Gasteiger partial charge in [-0.3, -0.25) is 0 Å². The first-order valence-corrected chi connectivity index (χ1v) is 8.96. The van der Waals surface area contributed by atoms with Gasteiger partial charge in [0.25, 0.3) is 0 Å². The maximum absolute atomic E-state index is 5.53. The molecule has 0 aliphatic carbocycles. The number of aromatic amines is 1. The van der Waals surface area contributed by atoms with Crippen molar-refractivity contribution in [2.24, 2.45) is 0 Å². The van der Waals surface area contributed by atoms with E-state index in [9.17, 15) is 0 Å². The molecule has 1 N–H and O–H groups in total. The van der Waals surface area contributed by atoms with Crippen LogP contribution < -0.4 is 9.47 Å². The number of pyridine rings is 1. The Morgan fingerprint density at radius 3 is 2.93 bits per heavy atom. The first kappa shape index (κ1) is 15.2. The van der Waals surface area contributed by atoms with Crippen LogP contribution in [0.15, 0.2) is 55.0 Å². The molecule has 7 nitrogen and oxygen atoms in total. The van der Waals surface area contributed by atoms with Crippen LogP contribution in [0.2, 0.25) is 0 Å². The standard InChI is InChI=1S/C21H15N5O2/c1-12-19(15-8-14-4-6-22-20(14)23-10-15)26-21(25-12)16(5-7-24-26)13-2-3-17-18(9-13)28-11-27-17/h2-10H,11H2,1H3,(H,22,23). The number of rotatable bonds is 2. The molecule has 0 bridgehead atoms. The third-order valence-electron chi connectivity index (χ3n) is 5.05. The largest absolute Gasteiger partial charge is 0.454 e. The zero-order valence-corrected chi connectivity index (χ0v) is 15.0. The van der Waals surface area contributed by atoms with E-state index in [1.54, 1.807) is 6.20 Å². The van der Waals surface area contributed by atoms with Gasteiger partial charge in [0.05, 0.1) is 11.4 Å². The summed E-state index contributed by atoms with van der Waals surface area (Å²) in [5.41, 5.74) is 6.47. The number of ether oxygens (including phenoxy) is 2. The number of nitrogens with zero attached hydrogens (tertiary/aromatic N) is 4. The van der Waals surface area contributed by atoms with Crippen molar-refractivity contribution in [3.63, 3.8) is 0 Å². The van der Waals surface area contributed by atoms with E-state index in [4.69, 9.17) is 14.5 Å². The Kier molecular flexibility index (Phi) is 3.02. The summed E-state index contributed by atoms with van der Waals surface area (Å²) >= 11 is 0. The third-order valence-corrected chi connectivity index (χ3v) is 5.05. The maximum Gasteiger partial charge on any atom is 0.231 e. The molecule has 1 aromatic carbocycles. The van der Waals surface area contributed by atoms with Crippen LogP contribution in [0.4, 0.5) is 0 Å². The number of fused-ring (bicyclic) bond motifs is 3. The first-order chi connectivity index (χ1) is 13.8. The van der Waals surface area contributed by atoms with Gasteiger partial charge in [-0.2, -0.15) is 5.10 Å². The summed E-state index contributed by atoms with van der Waals surface area (Å²) < 4.78 is 12.8. The second kappa shape index (κ2) is 5.56. The normalized spacial score (nSPS) is 12.9. The van der Waals surface area contributed by atoms with Crippen LogP contribution >= 0.6 is 0 Å². The monoisotopic (exact) mass is 369 g/mol. The van der Waals surface area contributed by atoms with Gasteiger partial charge in [-0.1, -0.05) is 6.07 Å². The van der Waals surface area contributed by atoms with Crippen LogP contribution in [0.3, 0.4) is 0 Å². The minimum absolute atomic E-state index is 0.256. The molecule has 0 atom stereocenters. The van der Waals surface area contributed by atoms with Gasteiger partial charge in [-0.05, 0) is 42.8 Å². The zero-order chi connectivity index (χ0) is 18.7. The number of hydrogen-bond donors (Lipinski definition) is 1. The van der Waals surface area contributed by atoms with Crippen molar-refractivity contribution in [1.29, 1.82) is 0 Å². The Labute approximate surface area is 159 Å². The highest BCUT2D eigenvalue weighted by Gasteiger charge is 2.19. The summed E-state index contributed by atoms with van der Waals surface area (Å²) in [5.74, 6) is 1.51. The predicted octanol–water partition coefficient (Wildman–Crippen LogP) is 3.98. The summed E-state index contributed by atoms with van der Waals surface area (Å²) in [6.07, 6.45) is 5.53. The van der Waals surface area contributed by atoms with Gasteiger partial charge in [0.15, 0.2) is 17.1 Å². The lowest BCUT2D eigenvalue weighted by Crippen LogP contribution is -1.96. The van der Waals surface area contributed by atoms with Gasteiger partial charge >= 0.3 is 0 Å². The van der Waals surface area contributed by atoms with E-state index in [-0.39, 0.29) is 6.79 Å². The van der Waals surface area contributed by atoms with Gasteiger partial charge in [0.2, 0.25) is 6.79 Å². The number of hydrogen-bond acceptors (Lipinski definition) is 5. The third kappa shape index (κ3) is 2.13. The van der Waals surface area contributed by atoms with Gasteiger partial charge < -0.3 is 14.5 Å². The molecule has 0 radical (unpaired) electrons. The van der Waals surface area contributed by atoms with Crippen molar-refractivity contribution in [3.8, 4) is 33.9 Å². The Morgan fingerprint density at radius 2 is 1.96 bits per heavy atom. The predicted molar refractivity (Wildman–Crippen MR) is 104 cm³/mol. The van der Waals surface area contributed by atoms with Crippen LogP contribution in [0.1, 0.15) is 5.69 Å². The summed E-state index contributed by atoms with van der Waals surface area (Å²) in [6.45, 7) is 2.25. The van der Waals surface area contributed by atoms with E-state index in [2.05, 4.69) is 21.1 Å². The van der Waals surface area contributed by atoms with Gasteiger partial charge in [0, 0.05) is 35.1 Å². The molecule has 6 rings (SSSR count). The second-order valence-corrected chi connectivity index (χ2v) is 6.73. The highest BCUT2D eigenvalue weighted by Crippen LogP contribution is 2.37. The van der Waals surface area contributed by atoms with E-state index in [0.29, 0.717) is 0 Å². The topological polar surface area (TPSA) is 77.3 Å². The van der Waals surface area contributed by atoms with Crippen LogP contribution in [0.5, 0.6) is 11.5 Å². The minimum atomic E-state index is 0.256. The summed E-state index contributed by atoms with van der Waals surface area (Å²) in [4.78, 5) is 12.5. The van der Waals surface area contributed by atoms with Crippen molar-refractivity contribution in [3.05, 3.63) is 60.7 Å². The van der Waals surface area contributed by atoms with Crippen LogP contribution in [0, 0.1) is 6.92 Å². The molecule has 7 heteroatoms. The molecule has 0 saturated heterocycles. The molecule has 4 aromatic heterocycles. The fourth-order valence-electron chi connectivity index (χ4n) is 3.74. The molecule has 5 heterocycles. The zero-order valence-electron chi connectivity index (χ0n) is 15.0. The fourth-order valence-corrected chi connectivity index (χ4v) is 3.74. The summed E-state index contributed by atoms with van der Waals surface area (Å²) in [5, 5.41) is 5.62. The molecule has 0 saturated carbocycles. The maximum atomic E-state index is 5.53. The fraction of sp³-hybridized carbons (Fsp3) is 0.0952. The molecule has 136 valence electrons. The van der Waals surface area contributed by atoms with E-state index >= 15 is 0 Å². The number of imidazole rings is 1. The lowest BCUT2D eigenvalue weighted by molar-refractivity contribution is 0.174. The van der Waals surface area contributed by atoms with Crippen LogP contribution in [0.25, 0.3) is 39.1 Å². The average molecular weight is 369 g/mol. The molecule has 5 aromatic rings. The smallest absolute Gasteiger partial charge is 0.231 e. The van der Waals surface area contributed by atoms with Gasteiger partial charge in [-0.25, -0.2) is 14.5 Å². The minimum Gasteiger partial charge on any atom is -0.454 e. The SMILES string of the molecule is Cc1nc2c(-c3ccc4c(c3)OCO4)ccnn2c1-c1cnc2[nH]ccc2c1. The van der Waals surface area contributed by atoms with E-state index < -0.39 is 0 Å². The second-order valence-electron chi connectivity index (χ2n) is 6.73. The summed E-state index contributed by atoms with van der Waals surface area (Å²) in [7, 11) is 0. The Morgan fingerprint density at radius 1 is 1.04 bits per heavy atom. The highest BCUT2D eigenvalue weighted by atomic mass is 16.7. The highest BCUT2D eigenvalue weighted by molar-refractivity contribution is 5.84. The van der Waals surface area contributed by atoms with Crippen molar-refractivity contribution >= 4 is 16.7 Å². The quantitative estimate of drug-likeness (QED) is 0.509. The lowest BCUT2D eigenvalue weighted by Gasteiger charge is -2.06. The Bertz CT molecular complexity index is 1370. The van der Waals surface area contributed by atoms with Gasteiger partial charge in [-0.15, -0.1) is 0 Å². The number of benzene rings is 1. The number of H-pyrrole nitrogens is 1. The van der Waals surface area contributed by atoms with Crippen LogP contribution in [-0.4, -0.2) is 31.4 Å². The average Bonchev–Trinajstić information content (AvgIpc) is 3.43. The molecule has 1 aliphatic heterocycles. The molecule has 28 heavy (non-hydrogen) atoms. The molecular formula is C21H15N5O2. The van der Waals surface area contributed by atoms with E-state index in [0.717, 1.165) is 56.3 Å². The number of aromatic nitrogens is 5. The molecule has 0 spiro atoms. The van der Waals surface area contributed by atoms with Crippen molar-refractivity contribution in [2.45, 2.75) is 6.92 Å². The Hall–Kier alpha value is -3.87. The van der Waals surface area contributed by atoms with Crippen molar-refractivity contribution in [1.82, 2.24) is 24.6 Å². The van der Waals surface area contributed by atoms with E-state index in [1.165, 1.54) is 0 Å². The molecule has 0 fully saturated rings.